The maximum atomic E-state index is 12.1. The first-order valence-corrected chi connectivity index (χ1v) is 7.46. The molecule has 0 radical (unpaired) electrons. The minimum Gasteiger partial charge on any atom is -0.497 e. The number of aliphatic hydroxyl groups excluding tert-OH is 1. The summed E-state index contributed by atoms with van der Waals surface area (Å²) in [5.41, 5.74) is -0.0300. The molecule has 0 saturated carbocycles. The summed E-state index contributed by atoms with van der Waals surface area (Å²) in [7, 11) is 3.14. The van der Waals surface area contributed by atoms with Gasteiger partial charge in [-0.05, 0) is 38.0 Å². The van der Waals surface area contributed by atoms with E-state index in [2.05, 4.69) is 11.9 Å². The maximum Gasteiger partial charge on any atom is 0.244 e. The second-order valence-electron chi connectivity index (χ2n) is 5.10. The van der Waals surface area contributed by atoms with Gasteiger partial charge in [-0.25, -0.2) is 0 Å². The van der Waals surface area contributed by atoms with Gasteiger partial charge in [0.25, 0.3) is 0 Å². The van der Waals surface area contributed by atoms with E-state index >= 15 is 0 Å². The molecule has 0 aliphatic heterocycles. The van der Waals surface area contributed by atoms with Gasteiger partial charge in [-0.15, -0.1) is 6.58 Å². The van der Waals surface area contributed by atoms with Gasteiger partial charge >= 0.3 is 0 Å². The standard InChI is InChI=1S/C18H25NO4/c1-5-7-17(21)19-18(10-6-2,11-12-20)15-9-8-14(22-3)13-16(15)23-4/h5-9,13,20H,2,10-12H2,1,3-4H3,(H,19,21). The van der Waals surface area contributed by atoms with Crippen LogP contribution in [0.25, 0.3) is 0 Å². The van der Waals surface area contributed by atoms with Crippen LogP contribution in [0.5, 0.6) is 11.5 Å². The van der Waals surface area contributed by atoms with Crippen molar-refractivity contribution in [2.75, 3.05) is 20.8 Å². The van der Waals surface area contributed by atoms with Gasteiger partial charge < -0.3 is 19.9 Å². The molecule has 5 nitrogen and oxygen atoms in total. The van der Waals surface area contributed by atoms with Crippen molar-refractivity contribution in [3.8, 4) is 11.5 Å². The van der Waals surface area contributed by atoms with Crippen molar-refractivity contribution in [1.29, 1.82) is 0 Å². The summed E-state index contributed by atoms with van der Waals surface area (Å²) >= 11 is 0. The lowest BCUT2D eigenvalue weighted by Gasteiger charge is -2.35. The number of hydrogen-bond acceptors (Lipinski definition) is 4. The van der Waals surface area contributed by atoms with Crippen molar-refractivity contribution >= 4 is 5.91 Å². The SMILES string of the molecule is C=CCC(CCO)(NC(=O)C=CC)c1ccc(OC)cc1OC. The van der Waals surface area contributed by atoms with Gasteiger partial charge in [0, 0.05) is 18.2 Å². The molecule has 0 aliphatic carbocycles. The zero-order valence-electron chi connectivity index (χ0n) is 14.0. The third-order valence-electron chi connectivity index (χ3n) is 3.64. The van der Waals surface area contributed by atoms with Crippen LogP contribution >= 0.6 is 0 Å². The second kappa shape index (κ2) is 9.00. The first-order valence-electron chi connectivity index (χ1n) is 7.46. The minimum atomic E-state index is -0.801. The molecule has 0 aliphatic rings. The van der Waals surface area contributed by atoms with Crippen LogP contribution in [0.15, 0.2) is 43.0 Å². The summed E-state index contributed by atoms with van der Waals surface area (Å²) in [4.78, 5) is 12.1. The number of aliphatic hydroxyl groups is 1. The lowest BCUT2D eigenvalue weighted by Crippen LogP contribution is -2.46. The van der Waals surface area contributed by atoms with Gasteiger partial charge in [0.2, 0.25) is 5.91 Å². The zero-order chi connectivity index (χ0) is 17.3. The number of carbonyl (C=O) groups excluding carboxylic acids is 1. The molecule has 0 saturated heterocycles. The molecule has 1 rings (SSSR count). The van der Waals surface area contributed by atoms with Gasteiger partial charge in [-0.3, -0.25) is 4.79 Å². The number of methoxy groups -OCH3 is 2. The van der Waals surface area contributed by atoms with E-state index in [0.717, 1.165) is 5.56 Å². The maximum absolute atomic E-state index is 12.1. The molecule has 1 unspecified atom stereocenters. The van der Waals surface area contributed by atoms with Crippen molar-refractivity contribution in [3.05, 3.63) is 48.6 Å². The van der Waals surface area contributed by atoms with Crippen molar-refractivity contribution in [2.24, 2.45) is 0 Å². The Morgan fingerprint density at radius 3 is 2.65 bits per heavy atom. The monoisotopic (exact) mass is 319 g/mol. The number of benzene rings is 1. The van der Waals surface area contributed by atoms with Crippen molar-refractivity contribution < 1.29 is 19.4 Å². The van der Waals surface area contributed by atoms with E-state index in [1.165, 1.54) is 6.08 Å². The highest BCUT2D eigenvalue weighted by atomic mass is 16.5. The largest absolute Gasteiger partial charge is 0.497 e. The molecule has 1 atom stereocenters. The number of allylic oxidation sites excluding steroid dienone is 1. The molecule has 126 valence electrons. The Balaban J connectivity index is 3.42. The molecule has 0 spiro atoms. The summed E-state index contributed by atoms with van der Waals surface area (Å²) in [6.07, 6.45) is 5.63. The van der Waals surface area contributed by atoms with Gasteiger partial charge in [-0.2, -0.15) is 0 Å². The summed E-state index contributed by atoms with van der Waals surface area (Å²) in [5, 5.41) is 12.5. The van der Waals surface area contributed by atoms with Crippen LogP contribution in [0.4, 0.5) is 0 Å². The number of nitrogens with one attached hydrogen (secondary N) is 1. The Hall–Kier alpha value is -2.27. The van der Waals surface area contributed by atoms with Gasteiger partial charge in [0.05, 0.1) is 19.8 Å². The van der Waals surface area contributed by atoms with E-state index in [-0.39, 0.29) is 12.5 Å². The van der Waals surface area contributed by atoms with Crippen molar-refractivity contribution in [1.82, 2.24) is 5.32 Å². The topological polar surface area (TPSA) is 67.8 Å². The van der Waals surface area contributed by atoms with Crippen LogP contribution in [0.3, 0.4) is 0 Å². The summed E-state index contributed by atoms with van der Waals surface area (Å²) in [5.74, 6) is 1.00. The van der Waals surface area contributed by atoms with Crippen LogP contribution < -0.4 is 14.8 Å². The smallest absolute Gasteiger partial charge is 0.244 e. The lowest BCUT2D eigenvalue weighted by molar-refractivity contribution is -0.118. The average molecular weight is 319 g/mol. The highest BCUT2D eigenvalue weighted by Crippen LogP contribution is 2.38. The first-order chi connectivity index (χ1) is 11.1. The highest BCUT2D eigenvalue weighted by Gasteiger charge is 2.34. The summed E-state index contributed by atoms with van der Waals surface area (Å²) in [6.45, 7) is 5.47. The van der Waals surface area contributed by atoms with Crippen LogP contribution in [-0.4, -0.2) is 31.8 Å². The Labute approximate surface area is 137 Å². The predicted octanol–water partition coefficient (Wildman–Crippen LogP) is 2.55. The lowest BCUT2D eigenvalue weighted by atomic mass is 9.82. The van der Waals surface area contributed by atoms with Gasteiger partial charge in [0.15, 0.2) is 0 Å². The zero-order valence-corrected chi connectivity index (χ0v) is 14.0. The quantitative estimate of drug-likeness (QED) is 0.542. The average Bonchev–Trinajstić information content (AvgIpc) is 2.54. The Kier molecular flexibility index (Phi) is 7.35. The second-order valence-corrected chi connectivity index (χ2v) is 5.10. The fraction of sp³-hybridized carbons (Fsp3) is 0.389. The third kappa shape index (κ3) is 4.60. The van der Waals surface area contributed by atoms with Crippen LogP contribution in [0.1, 0.15) is 25.3 Å². The van der Waals surface area contributed by atoms with Crippen LogP contribution in [0.2, 0.25) is 0 Å². The van der Waals surface area contributed by atoms with Crippen LogP contribution in [0, 0.1) is 0 Å². The molecular weight excluding hydrogens is 294 g/mol. The molecule has 1 amide bonds. The molecule has 1 aromatic rings. The normalized spacial score (nSPS) is 13.4. The molecule has 0 aromatic heterocycles. The number of carbonyl (C=O) groups is 1. The molecule has 0 bridgehead atoms. The van der Waals surface area contributed by atoms with Crippen molar-refractivity contribution in [3.63, 3.8) is 0 Å². The van der Waals surface area contributed by atoms with E-state index in [1.807, 2.05) is 6.07 Å². The molecule has 5 heteroatoms. The van der Waals surface area contributed by atoms with E-state index in [9.17, 15) is 9.90 Å². The van der Waals surface area contributed by atoms with E-state index in [0.29, 0.717) is 24.3 Å². The molecule has 23 heavy (non-hydrogen) atoms. The number of rotatable bonds is 9. The highest BCUT2D eigenvalue weighted by molar-refractivity contribution is 5.88. The minimum absolute atomic E-state index is 0.0842. The fourth-order valence-corrected chi connectivity index (χ4v) is 2.59. The number of ether oxygens (including phenoxy) is 2. The molecular formula is C18H25NO4. The third-order valence-corrected chi connectivity index (χ3v) is 3.64. The number of amides is 1. The van der Waals surface area contributed by atoms with Crippen molar-refractivity contribution in [2.45, 2.75) is 25.3 Å². The predicted molar refractivity (Wildman–Crippen MR) is 90.7 cm³/mol. The van der Waals surface area contributed by atoms with E-state index in [1.54, 1.807) is 45.4 Å². The summed E-state index contributed by atoms with van der Waals surface area (Å²) < 4.78 is 10.7. The summed E-state index contributed by atoms with van der Waals surface area (Å²) in [6, 6.07) is 5.40. The Morgan fingerprint density at radius 2 is 2.13 bits per heavy atom. The van der Waals surface area contributed by atoms with Gasteiger partial charge in [-0.1, -0.05) is 12.2 Å². The van der Waals surface area contributed by atoms with E-state index in [4.69, 9.17) is 9.47 Å². The Morgan fingerprint density at radius 1 is 1.39 bits per heavy atom. The fourth-order valence-electron chi connectivity index (χ4n) is 2.59. The molecule has 0 fully saturated rings. The van der Waals surface area contributed by atoms with E-state index < -0.39 is 5.54 Å². The Bertz CT molecular complexity index is 568. The number of hydrogen-bond donors (Lipinski definition) is 2. The molecule has 1 aromatic carbocycles. The van der Waals surface area contributed by atoms with Crippen LogP contribution in [-0.2, 0) is 10.3 Å². The molecule has 2 N–H and O–H groups in total. The molecule has 0 heterocycles. The first kappa shape index (κ1) is 18.8. The van der Waals surface area contributed by atoms with Gasteiger partial charge in [0.1, 0.15) is 11.5 Å².